The first-order valence-electron chi connectivity index (χ1n) is 5.94. The van der Waals surface area contributed by atoms with Crippen LogP contribution in [0.15, 0.2) is 35.7 Å². The second-order valence-corrected chi connectivity index (χ2v) is 5.46. The van der Waals surface area contributed by atoms with Crippen LogP contribution in [-0.2, 0) is 6.42 Å². The highest BCUT2D eigenvalue weighted by Crippen LogP contribution is 2.27. The molecule has 0 radical (unpaired) electrons. The molecule has 0 spiro atoms. The van der Waals surface area contributed by atoms with E-state index in [-0.39, 0.29) is 6.10 Å². The topological polar surface area (TPSA) is 20.2 Å². The highest BCUT2D eigenvalue weighted by molar-refractivity contribution is 7.10. The Morgan fingerprint density at radius 2 is 1.82 bits per heavy atom. The van der Waals surface area contributed by atoms with Crippen molar-refractivity contribution in [3.63, 3.8) is 0 Å². The Morgan fingerprint density at radius 1 is 1.12 bits per heavy atom. The number of rotatable bonds is 4. The lowest BCUT2D eigenvalue weighted by molar-refractivity contribution is 0.171. The van der Waals surface area contributed by atoms with Gasteiger partial charge in [0.15, 0.2) is 0 Å². The van der Waals surface area contributed by atoms with Crippen molar-refractivity contribution >= 4 is 11.3 Å². The fourth-order valence-electron chi connectivity index (χ4n) is 1.92. The molecule has 1 atom stereocenters. The number of benzene rings is 1. The molecule has 0 aliphatic rings. The fourth-order valence-corrected chi connectivity index (χ4v) is 2.86. The third kappa shape index (κ3) is 3.18. The summed E-state index contributed by atoms with van der Waals surface area (Å²) in [5.41, 5.74) is 3.78. The van der Waals surface area contributed by atoms with E-state index >= 15 is 0 Å². The Morgan fingerprint density at radius 3 is 2.41 bits per heavy atom. The summed E-state index contributed by atoms with van der Waals surface area (Å²) in [6, 6.07) is 10.6. The molecule has 0 saturated carbocycles. The van der Waals surface area contributed by atoms with Gasteiger partial charge in [0.2, 0.25) is 0 Å². The fraction of sp³-hybridized carbons (Fsp3) is 0.333. The van der Waals surface area contributed by atoms with Crippen LogP contribution in [0.1, 0.15) is 34.1 Å². The molecule has 0 aliphatic heterocycles. The Bertz CT molecular complexity index is 470. The van der Waals surface area contributed by atoms with Gasteiger partial charge in [-0.1, -0.05) is 29.8 Å². The molecule has 0 bridgehead atoms. The summed E-state index contributed by atoms with van der Waals surface area (Å²) in [6.45, 7) is 4.15. The number of hydrogen-bond donors (Lipinski definition) is 1. The first-order chi connectivity index (χ1) is 8.16. The van der Waals surface area contributed by atoms with Crippen LogP contribution in [0, 0.1) is 13.8 Å². The van der Waals surface area contributed by atoms with Crippen LogP contribution < -0.4 is 0 Å². The first kappa shape index (κ1) is 12.3. The van der Waals surface area contributed by atoms with E-state index in [2.05, 4.69) is 44.2 Å². The lowest BCUT2D eigenvalue weighted by Crippen LogP contribution is -1.99. The van der Waals surface area contributed by atoms with E-state index in [0.717, 1.165) is 17.7 Å². The molecule has 1 aromatic heterocycles. The molecule has 0 saturated heterocycles. The molecule has 2 rings (SSSR count). The molecule has 0 aliphatic carbocycles. The summed E-state index contributed by atoms with van der Waals surface area (Å²) in [5.74, 6) is 0. The quantitative estimate of drug-likeness (QED) is 0.863. The van der Waals surface area contributed by atoms with E-state index in [1.807, 2.05) is 5.38 Å². The maximum atomic E-state index is 10.1. The number of thiophene rings is 1. The van der Waals surface area contributed by atoms with Gasteiger partial charge in [0.05, 0.1) is 6.10 Å². The van der Waals surface area contributed by atoms with Crippen LogP contribution in [0.4, 0.5) is 0 Å². The van der Waals surface area contributed by atoms with E-state index < -0.39 is 0 Å². The summed E-state index contributed by atoms with van der Waals surface area (Å²) < 4.78 is 0. The second-order valence-electron chi connectivity index (χ2n) is 4.51. The maximum absolute atomic E-state index is 10.1. The first-order valence-corrected chi connectivity index (χ1v) is 6.82. The number of aryl methyl sites for hydroxylation is 3. The minimum absolute atomic E-state index is 0.323. The van der Waals surface area contributed by atoms with Crippen LogP contribution in [-0.4, -0.2) is 5.11 Å². The average Bonchev–Trinajstić information content (AvgIpc) is 2.74. The zero-order chi connectivity index (χ0) is 12.3. The second kappa shape index (κ2) is 5.48. The van der Waals surface area contributed by atoms with Crippen molar-refractivity contribution in [2.75, 3.05) is 0 Å². The Balaban J connectivity index is 1.94. The van der Waals surface area contributed by atoms with Gasteiger partial charge in [0.1, 0.15) is 0 Å². The van der Waals surface area contributed by atoms with Crippen LogP contribution in [0.3, 0.4) is 0 Å². The lowest BCUT2D eigenvalue weighted by Gasteiger charge is -2.10. The number of hydrogen-bond acceptors (Lipinski definition) is 2. The third-order valence-corrected chi connectivity index (χ3v) is 4.15. The van der Waals surface area contributed by atoms with Gasteiger partial charge in [-0.15, -0.1) is 11.3 Å². The summed E-state index contributed by atoms with van der Waals surface area (Å²) in [6.07, 6.45) is 1.40. The molecule has 1 unspecified atom stereocenters. The van der Waals surface area contributed by atoms with Crippen molar-refractivity contribution in [2.24, 2.45) is 0 Å². The van der Waals surface area contributed by atoms with Crippen molar-refractivity contribution in [3.05, 3.63) is 57.3 Å². The van der Waals surface area contributed by atoms with Crippen molar-refractivity contribution in [3.8, 4) is 0 Å². The zero-order valence-electron chi connectivity index (χ0n) is 10.3. The van der Waals surface area contributed by atoms with E-state index in [0.29, 0.717) is 0 Å². The molecule has 1 N–H and O–H groups in total. The Kier molecular flexibility index (Phi) is 3.97. The molecule has 2 heteroatoms. The highest BCUT2D eigenvalue weighted by atomic mass is 32.1. The van der Waals surface area contributed by atoms with Crippen LogP contribution in [0.2, 0.25) is 0 Å². The van der Waals surface area contributed by atoms with Gasteiger partial charge < -0.3 is 5.11 Å². The molecule has 1 nitrogen and oxygen atoms in total. The predicted octanol–water partition coefficient (Wildman–Crippen LogP) is 4.03. The van der Waals surface area contributed by atoms with Gasteiger partial charge in [0, 0.05) is 4.88 Å². The van der Waals surface area contributed by atoms with Crippen molar-refractivity contribution in [1.82, 2.24) is 0 Å². The molecule has 1 aromatic carbocycles. The predicted molar refractivity (Wildman–Crippen MR) is 73.5 cm³/mol. The third-order valence-electron chi connectivity index (χ3n) is 3.03. The molecular formula is C15H18OS. The SMILES string of the molecule is Cc1ccc(CCC(O)c2sccc2C)cc1. The van der Waals surface area contributed by atoms with Crippen LogP contribution >= 0.6 is 11.3 Å². The molecule has 0 fully saturated rings. The molecule has 1 heterocycles. The molecule has 17 heavy (non-hydrogen) atoms. The molecule has 0 amide bonds. The van der Waals surface area contributed by atoms with Gasteiger partial charge in [-0.25, -0.2) is 0 Å². The van der Waals surface area contributed by atoms with Crippen LogP contribution in [0.25, 0.3) is 0 Å². The number of aliphatic hydroxyl groups is 1. The normalized spacial score (nSPS) is 12.6. The summed E-state index contributed by atoms with van der Waals surface area (Å²) in [4.78, 5) is 1.11. The van der Waals surface area contributed by atoms with E-state index in [9.17, 15) is 5.11 Å². The van der Waals surface area contributed by atoms with Crippen molar-refractivity contribution in [2.45, 2.75) is 32.8 Å². The van der Waals surface area contributed by atoms with Crippen molar-refractivity contribution < 1.29 is 5.11 Å². The Labute approximate surface area is 107 Å². The van der Waals surface area contributed by atoms with Crippen molar-refractivity contribution in [1.29, 1.82) is 0 Å². The van der Waals surface area contributed by atoms with Gasteiger partial charge in [-0.2, -0.15) is 0 Å². The molecular weight excluding hydrogens is 228 g/mol. The molecule has 2 aromatic rings. The summed E-state index contributed by atoms with van der Waals surface area (Å²) in [5, 5.41) is 12.2. The van der Waals surface area contributed by atoms with E-state index in [1.54, 1.807) is 11.3 Å². The average molecular weight is 246 g/mol. The minimum Gasteiger partial charge on any atom is -0.388 e. The maximum Gasteiger partial charge on any atom is 0.0887 e. The smallest absolute Gasteiger partial charge is 0.0887 e. The standard InChI is InChI=1S/C15H18OS/c1-11-3-5-13(6-4-11)7-8-14(16)15-12(2)9-10-17-15/h3-6,9-10,14,16H,7-8H2,1-2H3. The number of aliphatic hydroxyl groups excluding tert-OH is 1. The van der Waals surface area contributed by atoms with Gasteiger partial charge in [-0.3, -0.25) is 0 Å². The summed E-state index contributed by atoms with van der Waals surface area (Å²) >= 11 is 1.65. The molecule has 90 valence electrons. The van der Waals surface area contributed by atoms with Gasteiger partial charge in [-0.05, 0) is 49.3 Å². The van der Waals surface area contributed by atoms with E-state index in [4.69, 9.17) is 0 Å². The largest absolute Gasteiger partial charge is 0.388 e. The Hall–Kier alpha value is -1.12. The van der Waals surface area contributed by atoms with Crippen LogP contribution in [0.5, 0.6) is 0 Å². The lowest BCUT2D eigenvalue weighted by atomic mass is 10.0. The van der Waals surface area contributed by atoms with E-state index in [1.165, 1.54) is 16.7 Å². The minimum atomic E-state index is -0.323. The van der Waals surface area contributed by atoms with Gasteiger partial charge >= 0.3 is 0 Å². The van der Waals surface area contributed by atoms with Gasteiger partial charge in [0.25, 0.3) is 0 Å². The zero-order valence-corrected chi connectivity index (χ0v) is 11.1. The highest BCUT2D eigenvalue weighted by Gasteiger charge is 2.11. The summed E-state index contributed by atoms with van der Waals surface area (Å²) in [7, 11) is 0. The monoisotopic (exact) mass is 246 g/mol.